The fraction of sp³-hybridized carbons (Fsp3) is 0.176. The predicted molar refractivity (Wildman–Crippen MR) is 106 cm³/mol. The van der Waals surface area contributed by atoms with E-state index in [2.05, 4.69) is 15.8 Å². The summed E-state index contributed by atoms with van der Waals surface area (Å²) in [5.74, 6) is -0.185. The molecule has 3 aromatic rings. The largest absolute Gasteiger partial charge is 0.494 e. The Kier molecular flexibility index (Phi) is 5.83. The van der Waals surface area contributed by atoms with Crippen LogP contribution in [0, 0.1) is 0 Å². The van der Waals surface area contributed by atoms with Crippen LogP contribution >= 0.6 is 22.9 Å². The van der Waals surface area contributed by atoms with E-state index in [0.29, 0.717) is 21.4 Å². The predicted octanol–water partition coefficient (Wildman–Crippen LogP) is 3.27. The van der Waals surface area contributed by atoms with Gasteiger partial charge in [-0.3, -0.25) is 15.6 Å². The summed E-state index contributed by atoms with van der Waals surface area (Å²) in [4.78, 5) is 16.5. The molecule has 27 heavy (non-hydrogen) atoms. The number of ether oxygens (including phenoxy) is 1. The van der Waals surface area contributed by atoms with E-state index in [1.54, 1.807) is 30.3 Å². The SMILES string of the molecule is COc1ccc(Cl)c2sc(NNC(=O)CCS(=O)(=O)c3ccccc3)nc12. The third-order valence-corrected chi connectivity index (χ3v) is 6.85. The Labute approximate surface area is 165 Å². The van der Waals surface area contributed by atoms with Crippen LogP contribution in [0.3, 0.4) is 0 Å². The lowest BCUT2D eigenvalue weighted by atomic mass is 10.3. The lowest BCUT2D eigenvalue weighted by Gasteiger charge is -2.06. The molecule has 0 aliphatic carbocycles. The molecular weight excluding hydrogens is 410 g/mol. The van der Waals surface area contributed by atoms with Crippen molar-refractivity contribution in [1.82, 2.24) is 10.4 Å². The highest BCUT2D eigenvalue weighted by atomic mass is 35.5. The molecule has 1 amide bonds. The second-order valence-corrected chi connectivity index (χ2v) is 9.02. The van der Waals surface area contributed by atoms with Gasteiger partial charge in [-0.15, -0.1) is 0 Å². The molecular formula is C17H16ClN3O4S2. The van der Waals surface area contributed by atoms with Crippen molar-refractivity contribution < 1.29 is 17.9 Å². The monoisotopic (exact) mass is 425 g/mol. The number of benzene rings is 2. The van der Waals surface area contributed by atoms with Crippen LogP contribution in [0.25, 0.3) is 10.2 Å². The number of amides is 1. The summed E-state index contributed by atoms with van der Waals surface area (Å²) in [7, 11) is -1.98. The van der Waals surface area contributed by atoms with Gasteiger partial charge in [0.05, 0.1) is 27.5 Å². The topological polar surface area (TPSA) is 97.4 Å². The highest BCUT2D eigenvalue weighted by Crippen LogP contribution is 2.37. The fourth-order valence-corrected chi connectivity index (χ4v) is 4.70. The molecule has 3 rings (SSSR count). The molecule has 0 atom stereocenters. The van der Waals surface area contributed by atoms with Crippen LogP contribution < -0.4 is 15.6 Å². The van der Waals surface area contributed by atoms with Gasteiger partial charge in [-0.25, -0.2) is 13.4 Å². The average molecular weight is 426 g/mol. The quantitative estimate of drug-likeness (QED) is 0.564. The molecule has 0 fully saturated rings. The number of methoxy groups -OCH3 is 1. The second-order valence-electron chi connectivity index (χ2n) is 5.50. The summed E-state index contributed by atoms with van der Waals surface area (Å²) >= 11 is 7.40. The number of hydrogen-bond donors (Lipinski definition) is 2. The molecule has 142 valence electrons. The van der Waals surface area contributed by atoms with Crippen LogP contribution in [-0.2, 0) is 14.6 Å². The molecule has 0 aliphatic rings. The number of carbonyl (C=O) groups excluding carboxylic acids is 1. The number of thiazole rings is 1. The molecule has 0 saturated carbocycles. The van der Waals surface area contributed by atoms with E-state index < -0.39 is 15.7 Å². The van der Waals surface area contributed by atoms with Crippen molar-refractivity contribution in [2.24, 2.45) is 0 Å². The summed E-state index contributed by atoms with van der Waals surface area (Å²) in [5, 5.41) is 0.937. The number of carbonyl (C=O) groups is 1. The maximum atomic E-state index is 12.2. The molecule has 1 aromatic heterocycles. The van der Waals surface area contributed by atoms with E-state index in [1.165, 1.54) is 30.6 Å². The van der Waals surface area contributed by atoms with Crippen molar-refractivity contribution in [3.05, 3.63) is 47.5 Å². The first-order valence-electron chi connectivity index (χ1n) is 7.86. The minimum atomic E-state index is -3.51. The zero-order chi connectivity index (χ0) is 19.4. The lowest BCUT2D eigenvalue weighted by Crippen LogP contribution is -2.30. The molecule has 0 unspecified atom stereocenters. The molecule has 0 spiro atoms. The van der Waals surface area contributed by atoms with E-state index in [1.807, 2.05) is 0 Å². The molecule has 2 aromatic carbocycles. The number of fused-ring (bicyclic) bond motifs is 1. The number of anilines is 1. The van der Waals surface area contributed by atoms with Crippen molar-refractivity contribution in [2.75, 3.05) is 18.3 Å². The smallest absolute Gasteiger partial charge is 0.239 e. The van der Waals surface area contributed by atoms with Crippen molar-refractivity contribution in [3.63, 3.8) is 0 Å². The van der Waals surface area contributed by atoms with Gasteiger partial charge in [0.2, 0.25) is 11.0 Å². The summed E-state index contributed by atoms with van der Waals surface area (Å²) < 4.78 is 30.4. The van der Waals surface area contributed by atoms with Gasteiger partial charge in [0.1, 0.15) is 11.3 Å². The molecule has 0 saturated heterocycles. The Morgan fingerprint density at radius 2 is 1.96 bits per heavy atom. The lowest BCUT2D eigenvalue weighted by molar-refractivity contribution is -0.120. The number of hydrogen-bond acceptors (Lipinski definition) is 7. The number of nitrogens with one attached hydrogen (secondary N) is 2. The first-order chi connectivity index (χ1) is 12.9. The minimum Gasteiger partial charge on any atom is -0.494 e. The van der Waals surface area contributed by atoms with Crippen molar-refractivity contribution in [3.8, 4) is 5.75 Å². The standard InChI is InChI=1S/C17H16ClN3O4S2/c1-25-13-8-7-12(18)16-15(13)19-17(26-16)21-20-14(22)9-10-27(23,24)11-5-3-2-4-6-11/h2-8H,9-10H2,1H3,(H,19,21)(H,20,22). The number of sulfone groups is 1. The van der Waals surface area contributed by atoms with Gasteiger partial charge < -0.3 is 4.74 Å². The minimum absolute atomic E-state index is 0.181. The second kappa shape index (κ2) is 8.12. The average Bonchev–Trinajstić information content (AvgIpc) is 3.11. The Hall–Kier alpha value is -2.36. The molecule has 0 bridgehead atoms. The first-order valence-corrected chi connectivity index (χ1v) is 10.7. The summed E-state index contributed by atoms with van der Waals surface area (Å²) in [5.41, 5.74) is 5.72. The molecule has 1 heterocycles. The van der Waals surface area contributed by atoms with Gasteiger partial charge in [0.15, 0.2) is 9.84 Å². The zero-order valence-electron chi connectivity index (χ0n) is 14.2. The number of rotatable bonds is 7. The number of nitrogens with zero attached hydrogens (tertiary/aromatic N) is 1. The van der Waals surface area contributed by atoms with E-state index in [0.717, 1.165) is 4.70 Å². The fourth-order valence-electron chi connectivity index (χ4n) is 2.33. The third-order valence-electron chi connectivity index (χ3n) is 3.69. The number of hydrazine groups is 1. The number of halogens is 1. The molecule has 10 heteroatoms. The van der Waals surface area contributed by atoms with Gasteiger partial charge in [0.25, 0.3) is 0 Å². The maximum absolute atomic E-state index is 12.2. The summed E-state index contributed by atoms with van der Waals surface area (Å²) in [6, 6.07) is 11.4. The van der Waals surface area contributed by atoms with Crippen LogP contribution in [0.1, 0.15) is 6.42 Å². The van der Waals surface area contributed by atoms with E-state index in [9.17, 15) is 13.2 Å². The Balaban J connectivity index is 1.61. The number of aromatic nitrogens is 1. The van der Waals surface area contributed by atoms with Crippen LogP contribution in [0.2, 0.25) is 5.02 Å². The third kappa shape index (κ3) is 4.49. The molecule has 0 aliphatic heterocycles. The van der Waals surface area contributed by atoms with Gasteiger partial charge in [-0.1, -0.05) is 41.1 Å². The molecule has 2 N–H and O–H groups in total. The summed E-state index contributed by atoms with van der Waals surface area (Å²) in [6.07, 6.45) is -0.181. The van der Waals surface area contributed by atoms with E-state index in [-0.39, 0.29) is 17.1 Å². The highest BCUT2D eigenvalue weighted by Gasteiger charge is 2.17. The van der Waals surface area contributed by atoms with Crippen LogP contribution in [0.5, 0.6) is 5.75 Å². The highest BCUT2D eigenvalue weighted by molar-refractivity contribution is 7.91. The van der Waals surface area contributed by atoms with Crippen molar-refractivity contribution in [2.45, 2.75) is 11.3 Å². The van der Waals surface area contributed by atoms with Gasteiger partial charge in [-0.2, -0.15) is 0 Å². The van der Waals surface area contributed by atoms with Crippen LogP contribution in [-0.4, -0.2) is 32.2 Å². The Morgan fingerprint density at radius 1 is 1.22 bits per heavy atom. The Bertz CT molecular complexity index is 1070. The first kappa shape index (κ1) is 19.4. The molecule has 0 radical (unpaired) electrons. The van der Waals surface area contributed by atoms with Crippen LogP contribution in [0.15, 0.2) is 47.4 Å². The van der Waals surface area contributed by atoms with Gasteiger partial charge in [-0.05, 0) is 24.3 Å². The van der Waals surface area contributed by atoms with Crippen molar-refractivity contribution in [1.29, 1.82) is 0 Å². The van der Waals surface area contributed by atoms with Crippen LogP contribution in [0.4, 0.5) is 5.13 Å². The van der Waals surface area contributed by atoms with Gasteiger partial charge >= 0.3 is 0 Å². The normalized spacial score (nSPS) is 11.3. The molecule has 7 nitrogen and oxygen atoms in total. The maximum Gasteiger partial charge on any atom is 0.239 e. The van der Waals surface area contributed by atoms with E-state index >= 15 is 0 Å². The van der Waals surface area contributed by atoms with Crippen molar-refractivity contribution >= 4 is 54.0 Å². The Morgan fingerprint density at radius 3 is 2.67 bits per heavy atom. The van der Waals surface area contributed by atoms with Gasteiger partial charge in [0, 0.05) is 6.42 Å². The zero-order valence-corrected chi connectivity index (χ0v) is 16.6. The van der Waals surface area contributed by atoms with E-state index in [4.69, 9.17) is 16.3 Å². The summed E-state index contributed by atoms with van der Waals surface area (Å²) in [6.45, 7) is 0.